The highest BCUT2D eigenvalue weighted by atomic mass is 35.5. The van der Waals surface area contributed by atoms with Crippen LogP contribution in [0.3, 0.4) is 0 Å². The fraction of sp³-hybridized carbons (Fsp3) is 0.562. The Kier molecular flexibility index (Phi) is 6.99. The van der Waals surface area contributed by atoms with Crippen molar-refractivity contribution >= 4 is 24.0 Å². The highest BCUT2D eigenvalue weighted by Crippen LogP contribution is 2.24. The lowest BCUT2D eigenvalue weighted by Crippen LogP contribution is -2.44. The maximum atomic E-state index is 12.4. The standard InChI is InChI=1S/C16H25N3O.ClH/c1-19(2)14-8-5-7-12(10-14)16(20)18-15-9-4-3-6-13(15)11-17;/h5,7-8,10,13,15H,3-4,6,9,11,17H2,1-2H3,(H,18,20);1H. The second kappa shape index (κ2) is 8.25. The Bertz CT molecular complexity index is 465. The van der Waals surface area contributed by atoms with E-state index in [1.807, 2.05) is 43.3 Å². The molecule has 0 spiro atoms. The molecule has 0 radical (unpaired) electrons. The molecule has 118 valence electrons. The van der Waals surface area contributed by atoms with Crippen LogP contribution in [0.25, 0.3) is 0 Å². The average molecular weight is 312 g/mol. The fourth-order valence-corrected chi connectivity index (χ4v) is 2.86. The summed E-state index contributed by atoms with van der Waals surface area (Å²) in [7, 11) is 3.95. The zero-order chi connectivity index (χ0) is 14.5. The van der Waals surface area contributed by atoms with Gasteiger partial charge in [0.15, 0.2) is 0 Å². The number of nitrogens with zero attached hydrogens (tertiary/aromatic N) is 1. The predicted molar refractivity (Wildman–Crippen MR) is 90.3 cm³/mol. The molecule has 2 rings (SSSR count). The maximum Gasteiger partial charge on any atom is 0.251 e. The highest BCUT2D eigenvalue weighted by Gasteiger charge is 2.25. The van der Waals surface area contributed by atoms with E-state index in [4.69, 9.17) is 5.73 Å². The van der Waals surface area contributed by atoms with Crippen molar-refractivity contribution in [3.8, 4) is 0 Å². The molecule has 0 aliphatic heterocycles. The SMILES string of the molecule is CN(C)c1cccc(C(=O)NC2CCCCC2CN)c1.Cl. The van der Waals surface area contributed by atoms with E-state index in [9.17, 15) is 4.79 Å². The van der Waals surface area contributed by atoms with Crippen molar-refractivity contribution in [2.45, 2.75) is 31.7 Å². The van der Waals surface area contributed by atoms with Crippen molar-refractivity contribution in [2.24, 2.45) is 11.7 Å². The van der Waals surface area contributed by atoms with Gasteiger partial charge in [-0.2, -0.15) is 0 Å². The summed E-state index contributed by atoms with van der Waals surface area (Å²) in [5, 5.41) is 3.16. The van der Waals surface area contributed by atoms with Crippen LogP contribution in [0, 0.1) is 5.92 Å². The summed E-state index contributed by atoms with van der Waals surface area (Å²) in [5.41, 5.74) is 7.57. The van der Waals surface area contributed by atoms with Gasteiger partial charge in [0, 0.05) is 31.4 Å². The topological polar surface area (TPSA) is 58.4 Å². The van der Waals surface area contributed by atoms with Crippen LogP contribution >= 0.6 is 12.4 Å². The normalized spacial score (nSPS) is 21.3. The summed E-state index contributed by atoms with van der Waals surface area (Å²) in [6, 6.07) is 7.94. The molecule has 5 heteroatoms. The Morgan fingerprint density at radius 3 is 2.71 bits per heavy atom. The molecule has 1 fully saturated rings. The lowest BCUT2D eigenvalue weighted by Gasteiger charge is -2.31. The third-order valence-corrected chi connectivity index (χ3v) is 4.15. The Labute approximate surface area is 133 Å². The molecule has 3 N–H and O–H groups in total. The minimum atomic E-state index is 0. The molecule has 1 aromatic rings. The van der Waals surface area contributed by atoms with Crippen LogP contribution in [0.2, 0.25) is 0 Å². The summed E-state index contributed by atoms with van der Waals surface area (Å²) in [6.07, 6.45) is 4.57. The minimum absolute atomic E-state index is 0. The van der Waals surface area contributed by atoms with Gasteiger partial charge in [0.1, 0.15) is 0 Å². The van der Waals surface area contributed by atoms with Crippen molar-refractivity contribution in [3.63, 3.8) is 0 Å². The number of carbonyl (C=O) groups is 1. The maximum absolute atomic E-state index is 12.4. The number of hydrogen-bond donors (Lipinski definition) is 2. The molecule has 1 amide bonds. The summed E-state index contributed by atoms with van der Waals surface area (Å²) in [6.45, 7) is 0.655. The van der Waals surface area contributed by atoms with E-state index in [1.54, 1.807) is 0 Å². The molecule has 0 saturated heterocycles. The van der Waals surface area contributed by atoms with Crippen molar-refractivity contribution < 1.29 is 4.79 Å². The third-order valence-electron chi connectivity index (χ3n) is 4.15. The van der Waals surface area contributed by atoms with Crippen LogP contribution in [0.15, 0.2) is 24.3 Å². The quantitative estimate of drug-likeness (QED) is 0.898. The highest BCUT2D eigenvalue weighted by molar-refractivity contribution is 5.95. The number of nitrogens with one attached hydrogen (secondary N) is 1. The molecule has 2 unspecified atom stereocenters. The first kappa shape index (κ1) is 17.8. The molecular weight excluding hydrogens is 286 g/mol. The molecule has 0 heterocycles. The first-order valence-electron chi connectivity index (χ1n) is 7.40. The van der Waals surface area contributed by atoms with Crippen molar-refractivity contribution in [3.05, 3.63) is 29.8 Å². The molecule has 21 heavy (non-hydrogen) atoms. The molecule has 1 aliphatic carbocycles. The number of hydrogen-bond acceptors (Lipinski definition) is 3. The van der Waals surface area contributed by atoms with Gasteiger partial charge in [-0.05, 0) is 43.5 Å². The minimum Gasteiger partial charge on any atom is -0.378 e. The second-order valence-corrected chi connectivity index (χ2v) is 5.80. The van der Waals surface area contributed by atoms with Gasteiger partial charge in [-0.3, -0.25) is 4.79 Å². The number of halogens is 1. The van der Waals surface area contributed by atoms with E-state index in [-0.39, 0.29) is 24.4 Å². The fourth-order valence-electron chi connectivity index (χ4n) is 2.86. The van der Waals surface area contributed by atoms with E-state index in [0.717, 1.165) is 24.1 Å². The van der Waals surface area contributed by atoms with Gasteiger partial charge in [0.2, 0.25) is 0 Å². The van der Waals surface area contributed by atoms with E-state index in [1.165, 1.54) is 12.8 Å². The van der Waals surface area contributed by atoms with Crippen molar-refractivity contribution in [2.75, 3.05) is 25.5 Å². The number of nitrogens with two attached hydrogens (primary N) is 1. The number of amides is 1. The van der Waals surface area contributed by atoms with E-state index in [2.05, 4.69) is 5.32 Å². The molecular formula is C16H26ClN3O. The van der Waals surface area contributed by atoms with Gasteiger partial charge in [0.05, 0.1) is 0 Å². The molecule has 0 aromatic heterocycles. The van der Waals surface area contributed by atoms with Crippen LogP contribution in [0.4, 0.5) is 5.69 Å². The summed E-state index contributed by atoms with van der Waals surface area (Å²) < 4.78 is 0. The van der Waals surface area contributed by atoms with Crippen molar-refractivity contribution in [1.82, 2.24) is 5.32 Å². The number of carbonyl (C=O) groups excluding carboxylic acids is 1. The number of rotatable bonds is 4. The van der Waals surface area contributed by atoms with Gasteiger partial charge in [-0.15, -0.1) is 12.4 Å². The van der Waals surface area contributed by atoms with Crippen LogP contribution in [0.5, 0.6) is 0 Å². The van der Waals surface area contributed by atoms with Gasteiger partial charge >= 0.3 is 0 Å². The molecule has 1 aromatic carbocycles. The summed E-state index contributed by atoms with van der Waals surface area (Å²) in [4.78, 5) is 14.4. The molecule has 0 bridgehead atoms. The Hall–Kier alpha value is -1.26. The predicted octanol–water partition coefficient (Wildman–Crippen LogP) is 2.42. The van der Waals surface area contributed by atoms with Gasteiger partial charge in [-0.25, -0.2) is 0 Å². The smallest absolute Gasteiger partial charge is 0.251 e. The van der Waals surface area contributed by atoms with Gasteiger partial charge in [-0.1, -0.05) is 18.9 Å². The third kappa shape index (κ3) is 4.61. The molecule has 1 saturated carbocycles. The summed E-state index contributed by atoms with van der Waals surface area (Å²) in [5.74, 6) is 0.434. The van der Waals surface area contributed by atoms with Gasteiger partial charge in [0.25, 0.3) is 5.91 Å². The zero-order valence-electron chi connectivity index (χ0n) is 12.8. The van der Waals surface area contributed by atoms with E-state index in [0.29, 0.717) is 12.5 Å². The summed E-state index contributed by atoms with van der Waals surface area (Å²) >= 11 is 0. The monoisotopic (exact) mass is 311 g/mol. The first-order valence-corrected chi connectivity index (χ1v) is 7.40. The lowest BCUT2D eigenvalue weighted by atomic mass is 9.84. The van der Waals surface area contributed by atoms with E-state index < -0.39 is 0 Å². The average Bonchev–Trinajstić information content (AvgIpc) is 2.48. The lowest BCUT2D eigenvalue weighted by molar-refractivity contribution is 0.0908. The Morgan fingerprint density at radius 1 is 1.33 bits per heavy atom. The van der Waals surface area contributed by atoms with Crippen LogP contribution in [-0.4, -0.2) is 32.6 Å². The van der Waals surface area contributed by atoms with Crippen LogP contribution in [0.1, 0.15) is 36.0 Å². The zero-order valence-corrected chi connectivity index (χ0v) is 13.7. The van der Waals surface area contributed by atoms with E-state index >= 15 is 0 Å². The van der Waals surface area contributed by atoms with Crippen molar-refractivity contribution in [1.29, 1.82) is 0 Å². The molecule has 1 aliphatic rings. The van der Waals surface area contributed by atoms with Gasteiger partial charge < -0.3 is 16.0 Å². The van der Waals surface area contributed by atoms with Crippen LogP contribution in [-0.2, 0) is 0 Å². The second-order valence-electron chi connectivity index (χ2n) is 5.80. The Morgan fingerprint density at radius 2 is 2.05 bits per heavy atom. The Balaban J connectivity index is 0.00000220. The largest absolute Gasteiger partial charge is 0.378 e. The van der Waals surface area contributed by atoms with Crippen LogP contribution < -0.4 is 16.0 Å². The first-order chi connectivity index (χ1) is 9.61. The molecule has 4 nitrogen and oxygen atoms in total. The number of anilines is 1. The number of benzene rings is 1. The molecule has 2 atom stereocenters.